The maximum atomic E-state index is 12.7. The highest BCUT2D eigenvalue weighted by Crippen LogP contribution is 2.19. The van der Waals surface area contributed by atoms with Crippen LogP contribution in [-0.4, -0.2) is 7.11 Å². The van der Waals surface area contributed by atoms with Gasteiger partial charge in [0, 0.05) is 12.1 Å². The number of hydrogen-bond donors (Lipinski definition) is 0. The van der Waals surface area contributed by atoms with Gasteiger partial charge in [-0.3, -0.25) is 0 Å². The van der Waals surface area contributed by atoms with Gasteiger partial charge in [-0.2, -0.15) is 5.26 Å². The second-order valence-electron chi connectivity index (χ2n) is 2.08. The molecule has 0 aliphatic carbocycles. The van der Waals surface area contributed by atoms with E-state index in [0.29, 0.717) is 0 Å². The SMILES string of the molecule is COc1cc(F)c(F)c(C#N)c1. The van der Waals surface area contributed by atoms with E-state index in [1.165, 1.54) is 13.2 Å². The van der Waals surface area contributed by atoms with Crippen LogP contribution in [0.3, 0.4) is 0 Å². The molecule has 0 aromatic heterocycles. The van der Waals surface area contributed by atoms with E-state index in [-0.39, 0.29) is 11.3 Å². The lowest BCUT2D eigenvalue weighted by Crippen LogP contribution is -1.92. The third-order valence-corrected chi connectivity index (χ3v) is 1.36. The van der Waals surface area contributed by atoms with Crippen LogP contribution in [0.5, 0.6) is 5.75 Å². The first-order chi connectivity index (χ1) is 5.69. The summed E-state index contributed by atoms with van der Waals surface area (Å²) in [4.78, 5) is 0. The minimum atomic E-state index is -1.14. The number of ether oxygens (including phenoxy) is 1. The molecule has 0 aliphatic rings. The summed E-state index contributed by atoms with van der Waals surface area (Å²) >= 11 is 0. The molecule has 0 fully saturated rings. The number of methoxy groups -OCH3 is 1. The van der Waals surface area contributed by atoms with Crippen LogP contribution in [-0.2, 0) is 0 Å². The molecule has 0 amide bonds. The van der Waals surface area contributed by atoms with Gasteiger partial charge in [-0.25, -0.2) is 8.78 Å². The average molecular weight is 169 g/mol. The topological polar surface area (TPSA) is 33.0 Å². The van der Waals surface area contributed by atoms with Gasteiger partial charge in [-0.15, -0.1) is 0 Å². The van der Waals surface area contributed by atoms with E-state index >= 15 is 0 Å². The Morgan fingerprint density at radius 1 is 1.42 bits per heavy atom. The molecule has 12 heavy (non-hydrogen) atoms. The predicted octanol–water partition coefficient (Wildman–Crippen LogP) is 1.85. The summed E-state index contributed by atoms with van der Waals surface area (Å²) in [7, 11) is 1.31. The van der Waals surface area contributed by atoms with Gasteiger partial charge in [0.1, 0.15) is 11.8 Å². The Balaban J connectivity index is 3.31. The van der Waals surface area contributed by atoms with Crippen LogP contribution in [0.2, 0.25) is 0 Å². The van der Waals surface area contributed by atoms with E-state index in [9.17, 15) is 8.78 Å². The van der Waals surface area contributed by atoms with Crippen molar-refractivity contribution in [1.82, 2.24) is 0 Å². The van der Waals surface area contributed by atoms with Gasteiger partial charge >= 0.3 is 0 Å². The molecular weight excluding hydrogens is 164 g/mol. The predicted molar refractivity (Wildman–Crippen MR) is 37.6 cm³/mol. The Morgan fingerprint density at radius 3 is 2.58 bits per heavy atom. The number of halogens is 2. The highest BCUT2D eigenvalue weighted by Gasteiger charge is 2.09. The van der Waals surface area contributed by atoms with Gasteiger partial charge in [0.15, 0.2) is 11.6 Å². The van der Waals surface area contributed by atoms with Gasteiger partial charge in [-0.1, -0.05) is 0 Å². The molecule has 1 aromatic carbocycles. The number of benzene rings is 1. The second kappa shape index (κ2) is 3.18. The minimum absolute atomic E-state index is 0.130. The van der Waals surface area contributed by atoms with Crippen molar-refractivity contribution >= 4 is 0 Å². The molecule has 0 unspecified atom stereocenters. The summed E-state index contributed by atoms with van der Waals surface area (Å²) in [5.41, 5.74) is -0.355. The van der Waals surface area contributed by atoms with Crippen LogP contribution in [0.4, 0.5) is 8.78 Å². The van der Waals surface area contributed by atoms with Crippen molar-refractivity contribution in [2.75, 3.05) is 7.11 Å². The molecule has 0 heterocycles. The largest absolute Gasteiger partial charge is 0.497 e. The number of hydrogen-bond acceptors (Lipinski definition) is 2. The summed E-state index contributed by atoms with van der Waals surface area (Å²) in [6.45, 7) is 0. The van der Waals surface area contributed by atoms with E-state index in [4.69, 9.17) is 5.26 Å². The first-order valence-electron chi connectivity index (χ1n) is 3.12. The van der Waals surface area contributed by atoms with E-state index in [2.05, 4.69) is 4.74 Å². The van der Waals surface area contributed by atoms with Gasteiger partial charge in [0.2, 0.25) is 0 Å². The fourth-order valence-corrected chi connectivity index (χ4v) is 0.763. The Bertz CT molecular complexity index is 344. The van der Waals surface area contributed by atoms with Crippen LogP contribution >= 0.6 is 0 Å². The lowest BCUT2D eigenvalue weighted by molar-refractivity contribution is 0.406. The van der Waals surface area contributed by atoms with E-state index in [1.54, 1.807) is 0 Å². The normalized spacial score (nSPS) is 9.17. The molecular formula is C8H5F2NO. The molecule has 0 radical (unpaired) electrons. The monoisotopic (exact) mass is 169 g/mol. The number of nitriles is 1. The number of rotatable bonds is 1. The smallest absolute Gasteiger partial charge is 0.176 e. The van der Waals surface area contributed by atoms with Crippen molar-refractivity contribution in [3.8, 4) is 11.8 Å². The Morgan fingerprint density at radius 2 is 2.08 bits per heavy atom. The van der Waals surface area contributed by atoms with Crippen molar-refractivity contribution in [2.24, 2.45) is 0 Å². The molecule has 0 N–H and O–H groups in total. The molecule has 0 aliphatic heterocycles. The van der Waals surface area contributed by atoms with Gasteiger partial charge in [0.05, 0.1) is 12.7 Å². The van der Waals surface area contributed by atoms with Crippen molar-refractivity contribution < 1.29 is 13.5 Å². The zero-order valence-electron chi connectivity index (χ0n) is 6.27. The van der Waals surface area contributed by atoms with E-state index < -0.39 is 11.6 Å². The maximum absolute atomic E-state index is 12.7. The molecule has 0 saturated heterocycles. The zero-order valence-corrected chi connectivity index (χ0v) is 6.27. The zero-order chi connectivity index (χ0) is 9.14. The Kier molecular flexibility index (Phi) is 2.24. The van der Waals surface area contributed by atoms with Gasteiger partial charge < -0.3 is 4.74 Å². The van der Waals surface area contributed by atoms with Gasteiger partial charge in [-0.05, 0) is 0 Å². The van der Waals surface area contributed by atoms with E-state index in [1.807, 2.05) is 0 Å². The molecule has 2 nitrogen and oxygen atoms in total. The molecule has 62 valence electrons. The fourth-order valence-electron chi connectivity index (χ4n) is 0.763. The lowest BCUT2D eigenvalue weighted by atomic mass is 10.2. The summed E-state index contributed by atoms with van der Waals surface area (Å²) in [6.07, 6.45) is 0. The van der Waals surface area contributed by atoms with Crippen LogP contribution < -0.4 is 4.74 Å². The van der Waals surface area contributed by atoms with Crippen LogP contribution in [0.1, 0.15) is 5.56 Å². The van der Waals surface area contributed by atoms with Crippen molar-refractivity contribution in [2.45, 2.75) is 0 Å². The second-order valence-corrected chi connectivity index (χ2v) is 2.08. The standard InChI is InChI=1S/C8H5F2NO/c1-12-6-2-5(4-11)8(10)7(9)3-6/h2-3H,1H3. The molecule has 0 bridgehead atoms. The first kappa shape index (κ1) is 8.47. The highest BCUT2D eigenvalue weighted by molar-refractivity contribution is 5.38. The maximum Gasteiger partial charge on any atom is 0.176 e. The van der Waals surface area contributed by atoms with Crippen molar-refractivity contribution in [3.63, 3.8) is 0 Å². The molecule has 0 atom stereocenters. The summed E-state index contributed by atoms with van der Waals surface area (Å²) in [5.74, 6) is -2.09. The minimum Gasteiger partial charge on any atom is -0.497 e. The van der Waals surface area contributed by atoms with Crippen LogP contribution in [0, 0.1) is 23.0 Å². The summed E-state index contributed by atoms with van der Waals surface area (Å²) in [6, 6.07) is 3.54. The molecule has 1 rings (SSSR count). The number of nitrogens with zero attached hydrogens (tertiary/aromatic N) is 1. The third-order valence-electron chi connectivity index (χ3n) is 1.36. The fraction of sp³-hybridized carbons (Fsp3) is 0.125. The van der Waals surface area contributed by atoms with Crippen LogP contribution in [0.15, 0.2) is 12.1 Å². The van der Waals surface area contributed by atoms with Crippen LogP contribution in [0.25, 0.3) is 0 Å². The highest BCUT2D eigenvalue weighted by atomic mass is 19.2. The molecule has 0 spiro atoms. The third kappa shape index (κ3) is 1.35. The molecule has 0 saturated carbocycles. The Hall–Kier alpha value is -1.63. The average Bonchev–Trinajstić information content (AvgIpc) is 2.09. The Labute approximate surface area is 68.0 Å². The quantitative estimate of drug-likeness (QED) is 0.642. The summed E-state index contributed by atoms with van der Waals surface area (Å²) < 4.78 is 29.9. The molecule has 1 aromatic rings. The lowest BCUT2D eigenvalue weighted by Gasteiger charge is -2.00. The van der Waals surface area contributed by atoms with Gasteiger partial charge in [0.25, 0.3) is 0 Å². The van der Waals surface area contributed by atoms with E-state index in [0.717, 1.165) is 12.1 Å². The molecule has 4 heteroatoms. The summed E-state index contributed by atoms with van der Waals surface area (Å²) in [5, 5.41) is 8.35. The van der Waals surface area contributed by atoms with Crippen molar-refractivity contribution in [3.05, 3.63) is 29.3 Å². The first-order valence-corrected chi connectivity index (χ1v) is 3.12. The van der Waals surface area contributed by atoms with Crippen molar-refractivity contribution in [1.29, 1.82) is 5.26 Å².